The maximum Gasteiger partial charge on any atom is 0.438 e. The van der Waals surface area contributed by atoms with Crippen molar-refractivity contribution in [2.45, 2.75) is 25.2 Å². The van der Waals surface area contributed by atoms with Gasteiger partial charge in [-0.3, -0.25) is 20.3 Å². The molecule has 1 atom stereocenters. The number of aliphatic hydroxyl groups is 1. The smallest absolute Gasteiger partial charge is 0.362 e. The van der Waals surface area contributed by atoms with Crippen molar-refractivity contribution in [3.8, 4) is 0 Å². The highest BCUT2D eigenvalue weighted by Crippen LogP contribution is 2.41. The zero-order valence-corrected chi connectivity index (χ0v) is 11.8. The van der Waals surface area contributed by atoms with Crippen LogP contribution in [-0.4, -0.2) is 32.8 Å². The number of carbonyl (C=O) groups is 1. The highest BCUT2D eigenvalue weighted by molar-refractivity contribution is 5.95. The molecule has 1 amide bonds. The van der Waals surface area contributed by atoms with E-state index in [1.807, 2.05) is 0 Å². The van der Waals surface area contributed by atoms with Crippen molar-refractivity contribution < 1.29 is 28.0 Å². The topological polar surface area (TPSA) is 95.7 Å². The van der Waals surface area contributed by atoms with E-state index in [4.69, 9.17) is 0 Å². The third-order valence-electron chi connectivity index (χ3n) is 3.41. The lowest BCUT2D eigenvalue weighted by molar-refractivity contribution is -0.385. The molecule has 0 radical (unpaired) electrons. The molecule has 0 aromatic heterocycles. The number of benzene rings is 1. The first-order chi connectivity index (χ1) is 10.5. The average molecular weight is 331 g/mol. The summed E-state index contributed by atoms with van der Waals surface area (Å²) in [4.78, 5) is 22.4. The fourth-order valence-electron chi connectivity index (χ4n) is 2.18. The van der Waals surface area contributed by atoms with Gasteiger partial charge < -0.3 is 5.11 Å². The zero-order chi connectivity index (χ0) is 17.6. The predicted molar refractivity (Wildman–Crippen MR) is 71.9 cm³/mol. The minimum absolute atomic E-state index is 0.0102. The summed E-state index contributed by atoms with van der Waals surface area (Å²) in [6, 6.07) is 3.24. The monoisotopic (exact) mass is 331 g/mol. The van der Waals surface area contributed by atoms with E-state index in [9.17, 15) is 33.2 Å². The maximum absolute atomic E-state index is 13.1. The Morgan fingerprint density at radius 1 is 1.52 bits per heavy atom. The number of nitro groups is 1. The van der Waals surface area contributed by atoms with Gasteiger partial charge >= 0.3 is 6.18 Å². The Morgan fingerprint density at radius 2 is 2.13 bits per heavy atom. The number of aryl methyl sites for hydroxylation is 1. The molecule has 1 aliphatic heterocycles. The number of halogens is 3. The van der Waals surface area contributed by atoms with Crippen LogP contribution in [0, 0.1) is 17.0 Å². The number of hydrogen-bond donors (Lipinski definition) is 2. The lowest BCUT2D eigenvalue weighted by Crippen LogP contribution is -2.59. The predicted octanol–water partition coefficient (Wildman–Crippen LogP) is 2.02. The molecule has 1 heterocycles. The van der Waals surface area contributed by atoms with Gasteiger partial charge in [0.1, 0.15) is 0 Å². The molecule has 1 unspecified atom stereocenters. The SMILES string of the molecule is C=C1CC(O)(C(F)(F)F)N(C(=O)c2ccc(C)c([N+](=O)[O-])c2)N1. The van der Waals surface area contributed by atoms with E-state index < -0.39 is 34.8 Å². The molecule has 10 heteroatoms. The van der Waals surface area contributed by atoms with Gasteiger partial charge in [-0.2, -0.15) is 13.2 Å². The van der Waals surface area contributed by atoms with Crippen molar-refractivity contribution in [1.82, 2.24) is 10.4 Å². The second-order valence-corrected chi connectivity index (χ2v) is 5.11. The summed E-state index contributed by atoms with van der Waals surface area (Å²) in [6.45, 7) is 4.70. The van der Waals surface area contributed by atoms with Gasteiger partial charge in [-0.1, -0.05) is 12.6 Å². The second kappa shape index (κ2) is 5.23. The Kier molecular flexibility index (Phi) is 3.81. The number of hydrazine groups is 1. The lowest BCUT2D eigenvalue weighted by Gasteiger charge is -2.33. The minimum atomic E-state index is -5.13. The lowest BCUT2D eigenvalue weighted by atomic mass is 10.1. The Hall–Kier alpha value is -2.62. The summed E-state index contributed by atoms with van der Waals surface area (Å²) in [6.07, 6.45) is -6.07. The zero-order valence-electron chi connectivity index (χ0n) is 11.8. The van der Waals surface area contributed by atoms with E-state index in [1.54, 1.807) is 0 Å². The summed E-state index contributed by atoms with van der Waals surface area (Å²) < 4.78 is 39.2. The van der Waals surface area contributed by atoms with Gasteiger partial charge in [0.05, 0.1) is 4.92 Å². The molecule has 1 aliphatic rings. The number of nitrogens with zero attached hydrogens (tertiary/aromatic N) is 2. The molecule has 0 aliphatic carbocycles. The van der Waals surface area contributed by atoms with Crippen molar-refractivity contribution in [3.05, 3.63) is 51.7 Å². The summed E-state index contributed by atoms with van der Waals surface area (Å²) in [5, 5.41) is 20.7. The molecular weight excluding hydrogens is 319 g/mol. The Bertz CT molecular complexity index is 704. The van der Waals surface area contributed by atoms with Gasteiger partial charge in [-0.15, -0.1) is 0 Å². The summed E-state index contributed by atoms with van der Waals surface area (Å²) >= 11 is 0. The van der Waals surface area contributed by atoms with Crippen molar-refractivity contribution in [2.24, 2.45) is 0 Å². The minimum Gasteiger partial charge on any atom is -0.362 e. The first-order valence-corrected chi connectivity index (χ1v) is 6.30. The molecule has 0 bridgehead atoms. The Morgan fingerprint density at radius 3 is 2.65 bits per heavy atom. The van der Waals surface area contributed by atoms with E-state index in [2.05, 4.69) is 12.0 Å². The Balaban J connectivity index is 2.45. The maximum atomic E-state index is 13.1. The highest BCUT2D eigenvalue weighted by Gasteiger charge is 2.63. The van der Waals surface area contributed by atoms with Crippen LogP contribution in [0.15, 0.2) is 30.5 Å². The van der Waals surface area contributed by atoms with Crippen molar-refractivity contribution in [2.75, 3.05) is 0 Å². The van der Waals surface area contributed by atoms with Crippen molar-refractivity contribution in [3.63, 3.8) is 0 Å². The van der Waals surface area contributed by atoms with Crippen LogP contribution in [0.25, 0.3) is 0 Å². The molecular formula is C13H12F3N3O4. The van der Waals surface area contributed by atoms with Gasteiger partial charge in [0, 0.05) is 29.3 Å². The van der Waals surface area contributed by atoms with Crippen molar-refractivity contribution in [1.29, 1.82) is 0 Å². The van der Waals surface area contributed by atoms with Gasteiger partial charge in [0.2, 0.25) is 0 Å². The van der Waals surface area contributed by atoms with Crippen molar-refractivity contribution >= 4 is 11.6 Å². The number of nitrogens with one attached hydrogen (secondary N) is 1. The number of carbonyl (C=O) groups excluding carboxylic acids is 1. The van der Waals surface area contributed by atoms with Crippen LogP contribution in [0.2, 0.25) is 0 Å². The number of rotatable bonds is 2. The fourth-order valence-corrected chi connectivity index (χ4v) is 2.18. The van der Waals surface area contributed by atoms with E-state index in [0.717, 1.165) is 12.1 Å². The van der Waals surface area contributed by atoms with Crippen LogP contribution in [0.5, 0.6) is 0 Å². The van der Waals surface area contributed by atoms with E-state index >= 15 is 0 Å². The fraction of sp³-hybridized carbons (Fsp3) is 0.308. The molecule has 2 N–H and O–H groups in total. The normalized spacial score (nSPS) is 21.3. The second-order valence-electron chi connectivity index (χ2n) is 5.11. The van der Waals surface area contributed by atoms with Crippen LogP contribution in [0.3, 0.4) is 0 Å². The van der Waals surface area contributed by atoms with Gasteiger partial charge in [0.15, 0.2) is 0 Å². The summed E-state index contributed by atoms with van der Waals surface area (Å²) in [7, 11) is 0. The van der Waals surface area contributed by atoms with Gasteiger partial charge in [0.25, 0.3) is 17.3 Å². The largest absolute Gasteiger partial charge is 0.438 e. The molecule has 1 aromatic carbocycles. The standard InChI is InChI=1S/C13H12F3N3O4/c1-7-3-4-9(5-10(7)19(22)23)11(20)18-12(21,13(14,15)16)6-8(2)17-18/h3-5,17,21H,2,6H2,1H3. The van der Waals surface area contributed by atoms with Crippen LogP contribution >= 0.6 is 0 Å². The number of hydrogen-bond acceptors (Lipinski definition) is 5. The third-order valence-corrected chi connectivity index (χ3v) is 3.41. The number of amides is 1. The summed E-state index contributed by atoms with van der Waals surface area (Å²) in [5.74, 6) is -1.26. The highest BCUT2D eigenvalue weighted by atomic mass is 19.4. The average Bonchev–Trinajstić information content (AvgIpc) is 2.74. The van der Waals surface area contributed by atoms with Crippen LogP contribution in [0.4, 0.5) is 18.9 Å². The molecule has 0 saturated carbocycles. The molecule has 124 valence electrons. The molecule has 1 fully saturated rings. The van der Waals surface area contributed by atoms with Crippen LogP contribution < -0.4 is 5.43 Å². The Labute approximate surface area is 128 Å². The molecule has 2 rings (SSSR count). The van der Waals surface area contributed by atoms with E-state index in [1.165, 1.54) is 13.0 Å². The molecule has 23 heavy (non-hydrogen) atoms. The van der Waals surface area contributed by atoms with Gasteiger partial charge in [-0.05, 0) is 13.0 Å². The molecule has 1 aromatic rings. The third kappa shape index (κ3) is 2.72. The van der Waals surface area contributed by atoms with Crippen LogP contribution in [-0.2, 0) is 0 Å². The molecule has 1 saturated heterocycles. The molecule has 7 nitrogen and oxygen atoms in total. The molecule has 0 spiro atoms. The first-order valence-electron chi connectivity index (χ1n) is 6.30. The quantitative estimate of drug-likeness (QED) is 0.638. The summed E-state index contributed by atoms with van der Waals surface area (Å²) in [5.41, 5.74) is -2.15. The van der Waals surface area contributed by atoms with Crippen LogP contribution in [0.1, 0.15) is 22.3 Å². The van der Waals surface area contributed by atoms with E-state index in [-0.39, 0.29) is 21.8 Å². The van der Waals surface area contributed by atoms with Gasteiger partial charge in [-0.25, -0.2) is 5.01 Å². The first kappa shape index (κ1) is 16.7. The number of alkyl halides is 3. The van der Waals surface area contributed by atoms with E-state index in [0.29, 0.717) is 0 Å². The number of nitro benzene ring substituents is 1.